The first kappa shape index (κ1) is 21.0. The third-order valence-electron chi connectivity index (χ3n) is 3.94. The molecule has 0 saturated heterocycles. The maximum absolute atomic E-state index is 12.3. The first-order valence-corrected chi connectivity index (χ1v) is 10.4. The maximum atomic E-state index is 12.3. The minimum atomic E-state index is -0.304. The molecule has 0 bridgehead atoms. The molecule has 1 heterocycles. The number of anilines is 1. The minimum Gasteiger partial charge on any atom is -0.483 e. The second-order valence-electron chi connectivity index (χ2n) is 6.16. The van der Waals surface area contributed by atoms with Gasteiger partial charge in [0.2, 0.25) is 5.91 Å². The Balaban J connectivity index is 1.65. The molecule has 8 heteroatoms. The zero-order chi connectivity index (χ0) is 20.6. The third-order valence-corrected chi connectivity index (χ3v) is 5.16. The molecule has 6 nitrogen and oxygen atoms in total. The predicted molar refractivity (Wildman–Crippen MR) is 117 cm³/mol. The predicted octanol–water partition coefficient (Wildman–Crippen LogP) is 4.99. The summed E-state index contributed by atoms with van der Waals surface area (Å²) in [7, 11) is 0. The molecule has 29 heavy (non-hydrogen) atoms. The summed E-state index contributed by atoms with van der Waals surface area (Å²) in [6.45, 7) is 6.24. The van der Waals surface area contributed by atoms with Crippen LogP contribution in [0.3, 0.4) is 0 Å². The summed E-state index contributed by atoms with van der Waals surface area (Å²) < 4.78 is 7.86. The van der Waals surface area contributed by atoms with Gasteiger partial charge >= 0.3 is 0 Å². The number of para-hydroxylation sites is 1. The number of carbonyl (C=O) groups excluding carboxylic acids is 1. The fourth-order valence-electron chi connectivity index (χ4n) is 2.62. The molecule has 0 spiro atoms. The largest absolute Gasteiger partial charge is 0.483 e. The number of carbonyl (C=O) groups is 1. The van der Waals surface area contributed by atoms with E-state index in [2.05, 4.69) is 22.1 Å². The monoisotopic (exact) mass is 428 g/mol. The van der Waals surface area contributed by atoms with Crippen LogP contribution in [0.1, 0.15) is 18.9 Å². The van der Waals surface area contributed by atoms with Gasteiger partial charge in [-0.25, -0.2) is 0 Å². The van der Waals surface area contributed by atoms with E-state index in [-0.39, 0.29) is 17.8 Å². The van der Waals surface area contributed by atoms with Gasteiger partial charge in [-0.2, -0.15) is 0 Å². The minimum absolute atomic E-state index is 0.138. The number of allylic oxidation sites excluding steroid dienone is 1. The molecule has 3 rings (SSSR count). The van der Waals surface area contributed by atoms with Crippen LogP contribution in [0.2, 0.25) is 5.02 Å². The molecule has 0 aliphatic heterocycles. The second-order valence-corrected chi connectivity index (χ2v) is 7.54. The SMILES string of the molecule is C=CCn1c(SCC(=O)Nc2ccc(Cl)cc2)nnc1[C@@H](C)Oc1ccccc1. The van der Waals surface area contributed by atoms with E-state index in [1.54, 1.807) is 30.3 Å². The quantitative estimate of drug-likeness (QED) is 0.384. The number of amides is 1. The number of nitrogens with zero attached hydrogens (tertiary/aromatic N) is 3. The Morgan fingerprint density at radius 2 is 1.97 bits per heavy atom. The van der Waals surface area contributed by atoms with E-state index in [1.165, 1.54) is 11.8 Å². The number of hydrogen-bond acceptors (Lipinski definition) is 5. The van der Waals surface area contributed by atoms with Crippen LogP contribution in [0.4, 0.5) is 5.69 Å². The van der Waals surface area contributed by atoms with Gasteiger partial charge in [0.25, 0.3) is 0 Å². The van der Waals surface area contributed by atoms with E-state index >= 15 is 0 Å². The molecule has 1 amide bonds. The first-order chi connectivity index (χ1) is 14.1. The van der Waals surface area contributed by atoms with Gasteiger partial charge in [0.05, 0.1) is 5.75 Å². The highest BCUT2D eigenvalue weighted by Crippen LogP contribution is 2.25. The van der Waals surface area contributed by atoms with Crippen LogP contribution in [-0.2, 0) is 11.3 Å². The molecule has 0 unspecified atom stereocenters. The van der Waals surface area contributed by atoms with Crippen molar-refractivity contribution in [1.29, 1.82) is 0 Å². The van der Waals surface area contributed by atoms with Crippen LogP contribution in [0.5, 0.6) is 5.75 Å². The summed E-state index contributed by atoms with van der Waals surface area (Å²) in [6.07, 6.45) is 1.46. The molecular weight excluding hydrogens is 408 g/mol. The highest BCUT2D eigenvalue weighted by molar-refractivity contribution is 7.99. The van der Waals surface area contributed by atoms with Crippen molar-refractivity contribution in [2.45, 2.75) is 24.7 Å². The molecule has 2 aromatic carbocycles. The number of nitrogens with one attached hydrogen (secondary N) is 1. The van der Waals surface area contributed by atoms with Crippen molar-refractivity contribution in [2.24, 2.45) is 0 Å². The van der Waals surface area contributed by atoms with Crippen molar-refractivity contribution >= 4 is 35.0 Å². The normalized spacial score (nSPS) is 11.7. The summed E-state index contributed by atoms with van der Waals surface area (Å²) in [5.74, 6) is 1.49. The molecule has 0 radical (unpaired) electrons. The van der Waals surface area contributed by atoms with Crippen LogP contribution in [0, 0.1) is 0 Å². The van der Waals surface area contributed by atoms with Crippen molar-refractivity contribution in [3.8, 4) is 5.75 Å². The highest BCUT2D eigenvalue weighted by atomic mass is 35.5. The Morgan fingerprint density at radius 3 is 2.66 bits per heavy atom. The van der Waals surface area contributed by atoms with E-state index in [0.717, 1.165) is 5.75 Å². The topological polar surface area (TPSA) is 69.0 Å². The number of benzene rings is 2. The second kappa shape index (κ2) is 10.1. The molecule has 0 saturated carbocycles. The average Bonchev–Trinajstić information content (AvgIpc) is 3.12. The van der Waals surface area contributed by atoms with Gasteiger partial charge < -0.3 is 10.1 Å². The van der Waals surface area contributed by atoms with Gasteiger partial charge in [-0.05, 0) is 43.3 Å². The summed E-state index contributed by atoms with van der Waals surface area (Å²) in [4.78, 5) is 12.3. The van der Waals surface area contributed by atoms with Crippen molar-refractivity contribution in [3.05, 3.63) is 78.1 Å². The number of thioether (sulfide) groups is 1. The lowest BCUT2D eigenvalue weighted by atomic mass is 10.3. The van der Waals surface area contributed by atoms with Gasteiger partial charge in [-0.15, -0.1) is 16.8 Å². The first-order valence-electron chi connectivity index (χ1n) is 9.00. The molecule has 1 aromatic heterocycles. The van der Waals surface area contributed by atoms with E-state index < -0.39 is 0 Å². The van der Waals surface area contributed by atoms with Crippen molar-refractivity contribution in [2.75, 3.05) is 11.1 Å². The number of ether oxygens (including phenoxy) is 1. The maximum Gasteiger partial charge on any atom is 0.234 e. The lowest BCUT2D eigenvalue weighted by molar-refractivity contribution is -0.113. The fraction of sp³-hybridized carbons (Fsp3) is 0.190. The lowest BCUT2D eigenvalue weighted by Gasteiger charge is -2.15. The van der Waals surface area contributed by atoms with Crippen molar-refractivity contribution < 1.29 is 9.53 Å². The summed E-state index contributed by atoms with van der Waals surface area (Å²) in [5.41, 5.74) is 0.693. The van der Waals surface area contributed by atoms with Crippen molar-refractivity contribution in [1.82, 2.24) is 14.8 Å². The van der Waals surface area contributed by atoms with Crippen LogP contribution in [0.25, 0.3) is 0 Å². The van der Waals surface area contributed by atoms with Crippen molar-refractivity contribution in [3.63, 3.8) is 0 Å². The Morgan fingerprint density at radius 1 is 1.24 bits per heavy atom. The van der Waals surface area contributed by atoms with E-state index in [1.807, 2.05) is 41.8 Å². The highest BCUT2D eigenvalue weighted by Gasteiger charge is 2.19. The number of rotatable bonds is 9. The number of halogens is 1. The van der Waals surface area contributed by atoms with Gasteiger partial charge in [-0.3, -0.25) is 9.36 Å². The molecular formula is C21H21ClN4O2S. The van der Waals surface area contributed by atoms with E-state index in [4.69, 9.17) is 16.3 Å². The van der Waals surface area contributed by atoms with E-state index in [9.17, 15) is 4.79 Å². The molecule has 150 valence electrons. The smallest absolute Gasteiger partial charge is 0.234 e. The summed E-state index contributed by atoms with van der Waals surface area (Å²) in [6, 6.07) is 16.5. The molecule has 0 fully saturated rings. The zero-order valence-electron chi connectivity index (χ0n) is 15.9. The Kier molecular flexibility index (Phi) is 7.32. The lowest BCUT2D eigenvalue weighted by Crippen LogP contribution is -2.15. The fourth-order valence-corrected chi connectivity index (χ4v) is 3.51. The third kappa shape index (κ3) is 5.85. The average molecular weight is 429 g/mol. The van der Waals surface area contributed by atoms with Gasteiger partial charge in [0.1, 0.15) is 5.75 Å². The van der Waals surface area contributed by atoms with Gasteiger partial charge in [0, 0.05) is 17.3 Å². The van der Waals surface area contributed by atoms with E-state index in [0.29, 0.717) is 28.2 Å². The van der Waals surface area contributed by atoms with Crippen LogP contribution >= 0.6 is 23.4 Å². The van der Waals surface area contributed by atoms with Crippen LogP contribution in [0.15, 0.2) is 72.4 Å². The molecule has 0 aliphatic carbocycles. The number of aromatic nitrogens is 3. The summed E-state index contributed by atoms with van der Waals surface area (Å²) >= 11 is 7.17. The summed E-state index contributed by atoms with van der Waals surface area (Å²) in [5, 5.41) is 12.6. The number of hydrogen-bond donors (Lipinski definition) is 1. The Labute approximate surface area is 178 Å². The molecule has 3 aromatic rings. The zero-order valence-corrected chi connectivity index (χ0v) is 17.5. The van der Waals surface area contributed by atoms with Gasteiger partial charge in [-0.1, -0.05) is 47.6 Å². The molecule has 1 atom stereocenters. The standard InChI is InChI=1S/C21H21ClN4O2S/c1-3-13-26-20(15(2)28-18-7-5-4-6-8-18)24-25-21(26)29-14-19(27)23-17-11-9-16(22)10-12-17/h3-12,15H,1,13-14H2,2H3,(H,23,27)/t15-/m1/s1. The Bertz CT molecular complexity index is 961. The van der Waals surface area contributed by atoms with Crippen LogP contribution < -0.4 is 10.1 Å². The molecule has 1 N–H and O–H groups in total. The Hall–Kier alpha value is -2.77. The van der Waals surface area contributed by atoms with Crippen LogP contribution in [-0.4, -0.2) is 26.4 Å². The molecule has 0 aliphatic rings. The van der Waals surface area contributed by atoms with Gasteiger partial charge in [0.15, 0.2) is 17.1 Å².